The molecule has 5 heteroatoms. The van der Waals surface area contributed by atoms with Gasteiger partial charge in [-0.25, -0.2) is 0 Å². The molecule has 112 valence electrons. The van der Waals surface area contributed by atoms with Crippen molar-refractivity contribution in [3.05, 3.63) is 35.4 Å². The Morgan fingerprint density at radius 3 is 3.10 bits per heavy atom. The molecule has 0 spiro atoms. The number of aryl methyl sites for hydroxylation is 1. The van der Waals surface area contributed by atoms with E-state index in [9.17, 15) is 9.59 Å². The van der Waals surface area contributed by atoms with Gasteiger partial charge in [0.25, 0.3) is 11.8 Å². The molecule has 5 nitrogen and oxygen atoms in total. The first-order chi connectivity index (χ1) is 10.2. The molecule has 3 rings (SSSR count). The third-order valence-electron chi connectivity index (χ3n) is 4.33. The molecule has 2 amide bonds. The highest BCUT2D eigenvalue weighted by Crippen LogP contribution is 2.29. The minimum absolute atomic E-state index is 0.0343. The van der Waals surface area contributed by atoms with Crippen LogP contribution in [0.5, 0.6) is 0 Å². The lowest BCUT2D eigenvalue weighted by atomic mass is 9.88. The van der Waals surface area contributed by atoms with Gasteiger partial charge in [-0.1, -0.05) is 24.3 Å². The van der Waals surface area contributed by atoms with Gasteiger partial charge in [-0.05, 0) is 30.4 Å². The van der Waals surface area contributed by atoms with Gasteiger partial charge in [-0.3, -0.25) is 9.59 Å². The van der Waals surface area contributed by atoms with Crippen LogP contribution in [0.1, 0.15) is 30.0 Å². The van der Waals surface area contributed by atoms with E-state index in [2.05, 4.69) is 28.8 Å². The normalized spacial score (nSPS) is 24.9. The lowest BCUT2D eigenvalue weighted by Gasteiger charge is -2.28. The second-order valence-corrected chi connectivity index (χ2v) is 5.91. The van der Waals surface area contributed by atoms with Crippen molar-refractivity contribution in [1.82, 2.24) is 10.6 Å². The number of hydrogen-bond donors (Lipinski definition) is 3. The van der Waals surface area contributed by atoms with Crippen LogP contribution in [0, 0.1) is 0 Å². The van der Waals surface area contributed by atoms with E-state index in [0.717, 1.165) is 30.7 Å². The lowest BCUT2D eigenvalue weighted by Crippen LogP contribution is -3.16. The van der Waals surface area contributed by atoms with Crippen molar-refractivity contribution in [2.24, 2.45) is 0 Å². The number of fused-ring (bicyclic) bond motifs is 1. The molecule has 1 unspecified atom stereocenters. The number of carbonyl (C=O) groups excluding carboxylic acids is 2. The Balaban J connectivity index is 1.59. The van der Waals surface area contributed by atoms with E-state index in [1.165, 1.54) is 11.1 Å². The molecule has 1 heterocycles. The summed E-state index contributed by atoms with van der Waals surface area (Å²) in [7, 11) is 0. The van der Waals surface area contributed by atoms with Crippen LogP contribution in [-0.2, 0) is 16.0 Å². The van der Waals surface area contributed by atoms with E-state index in [-0.39, 0.29) is 17.9 Å². The van der Waals surface area contributed by atoms with E-state index in [4.69, 9.17) is 0 Å². The number of carbonyl (C=O) groups is 2. The second kappa shape index (κ2) is 6.26. The van der Waals surface area contributed by atoms with Gasteiger partial charge in [0.2, 0.25) is 0 Å². The maximum absolute atomic E-state index is 12.2. The smallest absolute Gasteiger partial charge is 0.275 e. The third-order valence-corrected chi connectivity index (χ3v) is 4.33. The van der Waals surface area contributed by atoms with Crippen LogP contribution in [0.2, 0.25) is 0 Å². The Bertz CT molecular complexity index is 544. The summed E-state index contributed by atoms with van der Waals surface area (Å²) in [6.07, 6.45) is 3.21. The number of benzene rings is 1. The quantitative estimate of drug-likeness (QED) is 0.681. The first-order valence-corrected chi connectivity index (χ1v) is 7.70. The highest BCUT2D eigenvalue weighted by molar-refractivity contribution is 5.79. The SMILES string of the molecule is O=C1C[NH+](CC(=O)N[C@@H]2CCCc3ccccc32)CCN1. The molecule has 0 aromatic heterocycles. The van der Waals surface area contributed by atoms with Gasteiger partial charge >= 0.3 is 0 Å². The summed E-state index contributed by atoms with van der Waals surface area (Å²) in [5, 5.41) is 5.93. The third kappa shape index (κ3) is 3.42. The molecule has 1 aromatic rings. The zero-order valence-electron chi connectivity index (χ0n) is 12.2. The van der Waals surface area contributed by atoms with Crippen molar-refractivity contribution in [2.75, 3.05) is 26.2 Å². The first kappa shape index (κ1) is 14.1. The van der Waals surface area contributed by atoms with E-state index < -0.39 is 0 Å². The average molecular weight is 288 g/mol. The number of nitrogens with one attached hydrogen (secondary N) is 3. The molecule has 0 saturated carbocycles. The van der Waals surface area contributed by atoms with Crippen molar-refractivity contribution in [1.29, 1.82) is 0 Å². The highest BCUT2D eigenvalue weighted by atomic mass is 16.2. The molecule has 0 radical (unpaired) electrons. The summed E-state index contributed by atoms with van der Waals surface area (Å²) in [6.45, 7) is 2.26. The molecule has 2 atom stereocenters. The van der Waals surface area contributed by atoms with Crippen LogP contribution >= 0.6 is 0 Å². The standard InChI is InChI=1S/C16H21N3O2/c20-15-10-19(9-8-17-15)11-16(21)18-14-7-3-5-12-4-1-2-6-13(12)14/h1-2,4,6,14H,3,5,7-11H2,(H,17,20)(H,18,21)/p+1/t14-/m1/s1. The van der Waals surface area contributed by atoms with E-state index in [0.29, 0.717) is 19.6 Å². The van der Waals surface area contributed by atoms with Gasteiger partial charge in [0.15, 0.2) is 13.1 Å². The zero-order valence-corrected chi connectivity index (χ0v) is 12.2. The molecule has 21 heavy (non-hydrogen) atoms. The van der Waals surface area contributed by atoms with Gasteiger partial charge in [-0.15, -0.1) is 0 Å². The zero-order chi connectivity index (χ0) is 14.7. The largest absolute Gasteiger partial charge is 0.346 e. The van der Waals surface area contributed by atoms with Crippen molar-refractivity contribution in [2.45, 2.75) is 25.3 Å². The molecular weight excluding hydrogens is 266 g/mol. The lowest BCUT2D eigenvalue weighted by molar-refractivity contribution is -0.885. The molecular formula is C16H22N3O2+. The Labute approximate surface area is 124 Å². The summed E-state index contributed by atoms with van der Waals surface area (Å²) >= 11 is 0. The predicted octanol–water partition coefficient (Wildman–Crippen LogP) is -0.805. The predicted molar refractivity (Wildman–Crippen MR) is 78.8 cm³/mol. The molecule has 1 fully saturated rings. The van der Waals surface area contributed by atoms with Gasteiger partial charge in [0.05, 0.1) is 19.1 Å². The fourth-order valence-corrected chi connectivity index (χ4v) is 3.28. The minimum Gasteiger partial charge on any atom is -0.346 e. The number of piperazine rings is 1. The summed E-state index contributed by atoms with van der Waals surface area (Å²) in [4.78, 5) is 24.6. The minimum atomic E-state index is 0.0343. The highest BCUT2D eigenvalue weighted by Gasteiger charge is 2.25. The molecule has 1 aliphatic carbocycles. The summed E-state index contributed by atoms with van der Waals surface area (Å²) in [5.41, 5.74) is 2.60. The summed E-state index contributed by atoms with van der Waals surface area (Å²) in [6, 6.07) is 8.47. The Morgan fingerprint density at radius 2 is 2.24 bits per heavy atom. The fraction of sp³-hybridized carbons (Fsp3) is 0.500. The van der Waals surface area contributed by atoms with Crippen LogP contribution < -0.4 is 15.5 Å². The van der Waals surface area contributed by atoms with Crippen LogP contribution in [-0.4, -0.2) is 38.0 Å². The van der Waals surface area contributed by atoms with Crippen LogP contribution in [0.25, 0.3) is 0 Å². The maximum Gasteiger partial charge on any atom is 0.275 e. The first-order valence-electron chi connectivity index (χ1n) is 7.70. The fourth-order valence-electron chi connectivity index (χ4n) is 3.28. The van der Waals surface area contributed by atoms with E-state index >= 15 is 0 Å². The van der Waals surface area contributed by atoms with Crippen LogP contribution in [0.15, 0.2) is 24.3 Å². The monoisotopic (exact) mass is 288 g/mol. The number of amides is 2. The molecule has 1 saturated heterocycles. The molecule has 3 N–H and O–H groups in total. The topological polar surface area (TPSA) is 62.6 Å². The maximum atomic E-state index is 12.2. The van der Waals surface area contributed by atoms with Gasteiger partial charge in [0.1, 0.15) is 0 Å². The second-order valence-electron chi connectivity index (χ2n) is 5.91. The molecule has 1 aromatic carbocycles. The van der Waals surface area contributed by atoms with E-state index in [1.807, 2.05) is 6.07 Å². The van der Waals surface area contributed by atoms with Crippen molar-refractivity contribution in [3.63, 3.8) is 0 Å². The Hall–Kier alpha value is -1.88. The van der Waals surface area contributed by atoms with Crippen LogP contribution in [0.4, 0.5) is 0 Å². The van der Waals surface area contributed by atoms with Crippen molar-refractivity contribution < 1.29 is 14.5 Å². The van der Waals surface area contributed by atoms with Gasteiger partial charge < -0.3 is 15.5 Å². The molecule has 1 aliphatic heterocycles. The van der Waals surface area contributed by atoms with Crippen molar-refractivity contribution in [3.8, 4) is 0 Å². The summed E-state index contributed by atoms with van der Waals surface area (Å²) in [5.74, 6) is 0.0773. The Kier molecular flexibility index (Phi) is 4.20. The number of rotatable bonds is 3. The van der Waals surface area contributed by atoms with E-state index in [1.54, 1.807) is 0 Å². The number of hydrogen-bond acceptors (Lipinski definition) is 2. The molecule has 2 aliphatic rings. The van der Waals surface area contributed by atoms with Crippen LogP contribution in [0.3, 0.4) is 0 Å². The van der Waals surface area contributed by atoms with Gasteiger partial charge in [-0.2, -0.15) is 0 Å². The van der Waals surface area contributed by atoms with Crippen molar-refractivity contribution >= 4 is 11.8 Å². The molecule has 0 bridgehead atoms. The van der Waals surface area contributed by atoms with Gasteiger partial charge in [0, 0.05) is 0 Å². The number of quaternary nitrogens is 1. The average Bonchev–Trinajstić information content (AvgIpc) is 2.47. The summed E-state index contributed by atoms with van der Waals surface area (Å²) < 4.78 is 0. The Morgan fingerprint density at radius 1 is 1.38 bits per heavy atom.